The van der Waals surface area contributed by atoms with Gasteiger partial charge in [0.25, 0.3) is 11.8 Å². The molecule has 2 fully saturated rings. The number of para-hydroxylation sites is 3. The van der Waals surface area contributed by atoms with Gasteiger partial charge >= 0.3 is 6.03 Å². The van der Waals surface area contributed by atoms with E-state index in [9.17, 15) is 14.4 Å². The molecular weight excluding hydrogens is 450 g/mol. The normalized spacial score (nSPS) is 25.1. The molecule has 6 rings (SSSR count). The predicted molar refractivity (Wildman–Crippen MR) is 140 cm³/mol. The maximum Gasteiger partial charge on any atom is 0.342 e. The fourth-order valence-corrected chi connectivity index (χ4v) is 6.72. The maximum atomic E-state index is 14.6. The molecule has 0 aromatic heterocycles. The van der Waals surface area contributed by atoms with Gasteiger partial charge in [0.1, 0.15) is 0 Å². The number of carbonyl (C=O) groups is 3. The van der Waals surface area contributed by atoms with Crippen molar-refractivity contribution in [3.05, 3.63) is 90.5 Å². The number of benzene rings is 3. The highest BCUT2D eigenvalue weighted by atomic mass is 16.2. The molecule has 0 aliphatic carbocycles. The Kier molecular flexibility index (Phi) is 5.21. The first-order chi connectivity index (χ1) is 17.4. The van der Waals surface area contributed by atoms with Crippen LogP contribution in [0.5, 0.6) is 0 Å². The number of imide groups is 2. The lowest BCUT2D eigenvalue weighted by Gasteiger charge is -2.58. The van der Waals surface area contributed by atoms with Gasteiger partial charge < -0.3 is 4.90 Å². The van der Waals surface area contributed by atoms with Gasteiger partial charge in [0.15, 0.2) is 5.41 Å². The van der Waals surface area contributed by atoms with E-state index in [1.54, 1.807) is 48.5 Å². The summed E-state index contributed by atoms with van der Waals surface area (Å²) in [5.41, 5.74) is 1.58. The molecule has 0 N–H and O–H groups in total. The standard InChI is InChI=1S/C30H29N3O3/c1-20-17-21(2)26-30(18-22-11-9-10-16-25(22)31(26)19-20)27(34)32(23-12-5-3-6-13-23)29(36)33(28(30)35)24-14-7-4-8-15-24/h3-16,20-21,26H,17-19H2,1-2H3/t20-,21-,26+/m1/s1. The fourth-order valence-electron chi connectivity index (χ4n) is 6.72. The molecule has 36 heavy (non-hydrogen) atoms. The van der Waals surface area contributed by atoms with Crippen molar-refractivity contribution < 1.29 is 14.4 Å². The quantitative estimate of drug-likeness (QED) is 0.469. The van der Waals surface area contributed by atoms with Crippen molar-refractivity contribution in [3.63, 3.8) is 0 Å². The number of urea groups is 1. The topological polar surface area (TPSA) is 60.9 Å². The zero-order chi connectivity index (χ0) is 25.0. The van der Waals surface area contributed by atoms with Crippen LogP contribution in [0.4, 0.5) is 21.9 Å². The second kappa shape index (κ2) is 8.33. The monoisotopic (exact) mass is 479 g/mol. The van der Waals surface area contributed by atoms with Gasteiger partial charge in [-0.15, -0.1) is 0 Å². The van der Waals surface area contributed by atoms with Crippen molar-refractivity contribution in [2.75, 3.05) is 21.2 Å². The van der Waals surface area contributed by atoms with Crippen LogP contribution in [0, 0.1) is 17.3 Å². The van der Waals surface area contributed by atoms with E-state index in [-0.39, 0.29) is 18.4 Å². The number of amides is 4. The molecule has 6 heteroatoms. The van der Waals surface area contributed by atoms with Crippen LogP contribution >= 0.6 is 0 Å². The van der Waals surface area contributed by atoms with Crippen LogP contribution in [0.1, 0.15) is 25.8 Å². The summed E-state index contributed by atoms with van der Waals surface area (Å²) in [5.74, 6) is -0.354. The SMILES string of the molecule is C[C@@H]1C[C@@H](C)[C@@H]2N(C1)c1ccccc1CC21C(=O)N(c2ccccc2)C(=O)N(c2ccccc2)C1=O. The molecule has 6 nitrogen and oxygen atoms in total. The van der Waals surface area contributed by atoms with Gasteiger partial charge in [-0.2, -0.15) is 0 Å². The molecule has 3 aromatic carbocycles. The van der Waals surface area contributed by atoms with Crippen LogP contribution in [0.15, 0.2) is 84.9 Å². The van der Waals surface area contributed by atoms with Gasteiger partial charge in [-0.3, -0.25) is 9.59 Å². The van der Waals surface area contributed by atoms with Gasteiger partial charge in [0, 0.05) is 12.2 Å². The van der Waals surface area contributed by atoms with Crippen LogP contribution < -0.4 is 14.7 Å². The summed E-state index contributed by atoms with van der Waals surface area (Å²) in [4.78, 5) is 47.9. The minimum Gasteiger partial charge on any atom is -0.366 e. The lowest BCUT2D eigenvalue weighted by Crippen LogP contribution is -2.75. The third-order valence-corrected chi connectivity index (χ3v) is 8.01. The largest absolute Gasteiger partial charge is 0.366 e. The molecule has 3 aliphatic rings. The van der Waals surface area contributed by atoms with Crippen LogP contribution in [0.25, 0.3) is 0 Å². The smallest absolute Gasteiger partial charge is 0.342 e. The molecule has 3 atom stereocenters. The number of fused-ring (bicyclic) bond motifs is 4. The molecule has 0 radical (unpaired) electrons. The highest BCUT2D eigenvalue weighted by Crippen LogP contribution is 2.52. The molecule has 0 unspecified atom stereocenters. The van der Waals surface area contributed by atoms with E-state index in [1.165, 1.54) is 9.80 Å². The molecule has 2 saturated heterocycles. The van der Waals surface area contributed by atoms with Crippen molar-refractivity contribution in [2.24, 2.45) is 17.3 Å². The van der Waals surface area contributed by atoms with Crippen LogP contribution in [0.2, 0.25) is 0 Å². The number of piperidine rings is 1. The Labute approximate surface area is 211 Å². The fraction of sp³-hybridized carbons (Fsp3) is 0.300. The summed E-state index contributed by atoms with van der Waals surface area (Å²) in [7, 11) is 0. The Hall–Kier alpha value is -3.93. The van der Waals surface area contributed by atoms with Crippen molar-refractivity contribution in [3.8, 4) is 0 Å². The summed E-state index contributed by atoms with van der Waals surface area (Å²) in [6.07, 6.45) is 1.18. The van der Waals surface area contributed by atoms with E-state index in [0.717, 1.165) is 24.2 Å². The number of rotatable bonds is 2. The second-order valence-electron chi connectivity index (χ2n) is 10.4. The van der Waals surface area contributed by atoms with Crippen LogP contribution in [0.3, 0.4) is 0 Å². The van der Waals surface area contributed by atoms with Gasteiger partial charge in [-0.05, 0) is 60.6 Å². The minimum atomic E-state index is -1.42. The highest BCUT2D eigenvalue weighted by molar-refractivity contribution is 6.39. The predicted octanol–water partition coefficient (Wildman–Crippen LogP) is 5.28. The number of barbiturate groups is 1. The number of hydrogen-bond donors (Lipinski definition) is 0. The number of carbonyl (C=O) groups excluding carboxylic acids is 3. The van der Waals surface area contributed by atoms with Gasteiger partial charge in [0.05, 0.1) is 17.4 Å². The molecule has 0 bridgehead atoms. The first-order valence-electron chi connectivity index (χ1n) is 12.6. The number of nitrogens with zero attached hydrogens (tertiary/aromatic N) is 3. The summed E-state index contributed by atoms with van der Waals surface area (Å²) < 4.78 is 0. The Morgan fingerprint density at radius 2 is 1.25 bits per heavy atom. The average molecular weight is 480 g/mol. The first-order valence-corrected chi connectivity index (χ1v) is 12.6. The lowest BCUT2D eigenvalue weighted by molar-refractivity contribution is -0.144. The van der Waals surface area contributed by atoms with E-state index < -0.39 is 23.3 Å². The Morgan fingerprint density at radius 1 is 0.722 bits per heavy atom. The van der Waals surface area contributed by atoms with Gasteiger partial charge in [-0.25, -0.2) is 14.6 Å². The van der Waals surface area contributed by atoms with E-state index in [1.807, 2.05) is 30.3 Å². The maximum absolute atomic E-state index is 14.6. The van der Waals surface area contributed by atoms with E-state index in [0.29, 0.717) is 17.3 Å². The summed E-state index contributed by atoms with van der Waals surface area (Å²) >= 11 is 0. The number of hydrogen-bond acceptors (Lipinski definition) is 4. The summed E-state index contributed by atoms with van der Waals surface area (Å²) in [6.45, 7) is 5.12. The van der Waals surface area contributed by atoms with Crippen molar-refractivity contribution >= 4 is 34.9 Å². The highest BCUT2D eigenvalue weighted by Gasteiger charge is 2.66. The Morgan fingerprint density at radius 3 is 1.83 bits per heavy atom. The zero-order valence-corrected chi connectivity index (χ0v) is 20.5. The molecule has 3 heterocycles. The average Bonchev–Trinajstić information content (AvgIpc) is 2.88. The molecule has 3 aromatic rings. The molecule has 3 aliphatic heterocycles. The Bertz CT molecular complexity index is 1280. The minimum absolute atomic E-state index is 0.0819. The van der Waals surface area contributed by atoms with E-state index in [2.05, 4.69) is 24.8 Å². The number of anilines is 3. The molecular formula is C30H29N3O3. The van der Waals surface area contributed by atoms with E-state index in [4.69, 9.17) is 0 Å². The molecule has 1 spiro atoms. The zero-order valence-electron chi connectivity index (χ0n) is 20.5. The van der Waals surface area contributed by atoms with Gasteiger partial charge in [-0.1, -0.05) is 68.4 Å². The second-order valence-corrected chi connectivity index (χ2v) is 10.4. The third kappa shape index (κ3) is 3.13. The Balaban J connectivity index is 1.61. The van der Waals surface area contributed by atoms with Crippen molar-refractivity contribution in [1.29, 1.82) is 0 Å². The van der Waals surface area contributed by atoms with Crippen LogP contribution in [-0.2, 0) is 16.0 Å². The summed E-state index contributed by atoms with van der Waals surface area (Å²) in [6, 6.07) is 25.0. The first kappa shape index (κ1) is 22.5. The van der Waals surface area contributed by atoms with Crippen molar-refractivity contribution in [1.82, 2.24) is 0 Å². The molecule has 182 valence electrons. The summed E-state index contributed by atoms with van der Waals surface area (Å²) in [5, 5.41) is 0. The van der Waals surface area contributed by atoms with E-state index >= 15 is 0 Å². The molecule has 0 saturated carbocycles. The molecule has 4 amide bonds. The van der Waals surface area contributed by atoms with Crippen molar-refractivity contribution in [2.45, 2.75) is 32.7 Å². The van der Waals surface area contributed by atoms with Crippen LogP contribution in [-0.4, -0.2) is 30.4 Å². The third-order valence-electron chi connectivity index (χ3n) is 8.01. The van der Waals surface area contributed by atoms with Gasteiger partial charge in [0.2, 0.25) is 0 Å². The lowest BCUT2D eigenvalue weighted by atomic mass is 9.62.